The number of fused-ring (bicyclic) bond motifs is 2. The summed E-state index contributed by atoms with van der Waals surface area (Å²) in [4.78, 5) is 13.1. The molecule has 1 saturated carbocycles. The van der Waals surface area contributed by atoms with E-state index in [0.717, 1.165) is 28.2 Å². The smallest absolute Gasteiger partial charge is 0.216 e. The van der Waals surface area contributed by atoms with Crippen molar-refractivity contribution < 1.29 is 14.3 Å². The van der Waals surface area contributed by atoms with Crippen molar-refractivity contribution in [3.05, 3.63) is 8.96 Å². The molecular weight excluding hydrogens is 548 g/mol. The summed E-state index contributed by atoms with van der Waals surface area (Å²) in [5, 5.41) is 0. The molecule has 22 heavy (non-hydrogen) atoms. The third kappa shape index (κ3) is 2.18. The number of methoxy groups -OCH3 is 2. The van der Waals surface area contributed by atoms with Crippen molar-refractivity contribution in [3.8, 4) is 0 Å². The summed E-state index contributed by atoms with van der Waals surface area (Å²) in [6.45, 7) is 2.18. The number of alkyl halides is 2. The van der Waals surface area contributed by atoms with Crippen LogP contribution in [-0.4, -0.2) is 34.4 Å². The molecule has 0 saturated heterocycles. The molecular formula is C15H20Br4O3. The summed E-state index contributed by atoms with van der Waals surface area (Å²) in [5.74, 6) is -1.23. The van der Waals surface area contributed by atoms with Crippen molar-refractivity contribution in [2.24, 2.45) is 5.92 Å². The van der Waals surface area contributed by atoms with E-state index in [0.29, 0.717) is 0 Å². The van der Waals surface area contributed by atoms with Crippen LogP contribution in [0.2, 0.25) is 0 Å². The van der Waals surface area contributed by atoms with Crippen molar-refractivity contribution in [1.29, 1.82) is 0 Å². The highest BCUT2D eigenvalue weighted by atomic mass is 79.9. The monoisotopic (exact) mass is 564 g/mol. The molecule has 0 amide bonds. The molecule has 126 valence electrons. The van der Waals surface area contributed by atoms with Crippen molar-refractivity contribution in [1.82, 2.24) is 0 Å². The summed E-state index contributed by atoms with van der Waals surface area (Å²) >= 11 is 14.6. The fraction of sp³-hybridized carbons (Fsp3) is 0.800. The largest absolute Gasteiger partial charge is 0.350 e. The molecule has 3 nitrogen and oxygen atoms in total. The fourth-order valence-electron chi connectivity index (χ4n) is 3.69. The number of ether oxygens (including phenoxy) is 2. The van der Waals surface area contributed by atoms with E-state index in [1.54, 1.807) is 14.2 Å². The number of carbonyl (C=O) groups excluding carboxylic acids is 1. The summed E-state index contributed by atoms with van der Waals surface area (Å²) in [5.41, 5.74) is 0. The van der Waals surface area contributed by atoms with Crippen molar-refractivity contribution in [3.63, 3.8) is 0 Å². The van der Waals surface area contributed by atoms with Crippen molar-refractivity contribution in [2.75, 3.05) is 14.2 Å². The summed E-state index contributed by atoms with van der Waals surface area (Å²) in [6.07, 6.45) is 5.32. The number of halogens is 4. The molecule has 2 bridgehead atoms. The van der Waals surface area contributed by atoms with Gasteiger partial charge in [0.1, 0.15) is 4.32 Å². The van der Waals surface area contributed by atoms with Gasteiger partial charge in [-0.25, -0.2) is 0 Å². The van der Waals surface area contributed by atoms with Crippen molar-refractivity contribution in [2.45, 2.75) is 53.5 Å². The molecule has 1 fully saturated rings. The molecule has 2 aliphatic carbocycles. The van der Waals surface area contributed by atoms with E-state index < -0.39 is 14.4 Å². The maximum Gasteiger partial charge on any atom is 0.216 e. The molecule has 0 spiro atoms. The number of Topliss-reactive ketones (excluding diaryl/α,β-unsaturated/α-hetero) is 1. The second kappa shape index (κ2) is 6.87. The van der Waals surface area contributed by atoms with Gasteiger partial charge in [0.05, 0.1) is 0 Å². The zero-order chi connectivity index (χ0) is 16.8. The minimum Gasteiger partial charge on any atom is -0.350 e. The second-order valence-corrected chi connectivity index (χ2v) is 9.82. The van der Waals surface area contributed by atoms with Gasteiger partial charge in [0, 0.05) is 29.1 Å². The number of unbranched alkanes of at least 4 members (excludes halogenated alkanes) is 3. The molecule has 7 heteroatoms. The highest BCUT2D eigenvalue weighted by Gasteiger charge is 2.83. The van der Waals surface area contributed by atoms with Gasteiger partial charge in [0.15, 0.2) is 10.1 Å². The Labute approximate surface area is 165 Å². The van der Waals surface area contributed by atoms with Gasteiger partial charge in [-0.05, 0) is 6.42 Å². The molecule has 0 aromatic carbocycles. The Kier molecular flexibility index (Phi) is 6.11. The van der Waals surface area contributed by atoms with Crippen LogP contribution in [-0.2, 0) is 14.3 Å². The first-order valence-electron chi connectivity index (χ1n) is 7.38. The predicted molar refractivity (Wildman–Crippen MR) is 102 cm³/mol. The lowest BCUT2D eigenvalue weighted by atomic mass is 9.86. The lowest BCUT2D eigenvalue weighted by Crippen LogP contribution is -2.57. The van der Waals surface area contributed by atoms with Crippen LogP contribution in [0, 0.1) is 5.92 Å². The zero-order valence-electron chi connectivity index (χ0n) is 12.8. The van der Waals surface area contributed by atoms with E-state index in [1.165, 1.54) is 12.8 Å². The molecule has 3 atom stereocenters. The first-order valence-corrected chi connectivity index (χ1v) is 10.5. The first kappa shape index (κ1) is 19.6. The van der Waals surface area contributed by atoms with E-state index in [2.05, 4.69) is 70.6 Å². The normalized spacial score (nSPS) is 36.5. The molecule has 0 aliphatic heterocycles. The molecule has 0 aromatic heterocycles. The minimum absolute atomic E-state index is 0.0969. The average Bonchev–Trinajstić information content (AvgIpc) is 2.74. The van der Waals surface area contributed by atoms with Gasteiger partial charge in [-0.15, -0.1) is 0 Å². The van der Waals surface area contributed by atoms with Crippen LogP contribution in [0.25, 0.3) is 0 Å². The number of carbonyl (C=O) groups is 1. The highest BCUT2D eigenvalue weighted by molar-refractivity contribution is 9.16. The Morgan fingerprint density at radius 1 is 1.05 bits per heavy atom. The third-order valence-corrected chi connectivity index (χ3v) is 11.2. The Balaban J connectivity index is 2.43. The van der Waals surface area contributed by atoms with Gasteiger partial charge < -0.3 is 9.47 Å². The molecule has 0 radical (unpaired) electrons. The van der Waals surface area contributed by atoms with Crippen LogP contribution in [0.3, 0.4) is 0 Å². The molecule has 3 unspecified atom stereocenters. The zero-order valence-corrected chi connectivity index (χ0v) is 19.2. The number of hydrogen-bond acceptors (Lipinski definition) is 3. The van der Waals surface area contributed by atoms with Gasteiger partial charge in [-0.1, -0.05) is 96.3 Å². The average molecular weight is 568 g/mol. The minimum atomic E-state index is -1.12. The van der Waals surface area contributed by atoms with Crippen LogP contribution >= 0.6 is 63.7 Å². The van der Waals surface area contributed by atoms with Crippen LogP contribution < -0.4 is 0 Å². The van der Waals surface area contributed by atoms with E-state index in [9.17, 15) is 4.79 Å². The molecule has 0 aromatic rings. The number of ketones is 1. The summed E-state index contributed by atoms with van der Waals surface area (Å²) in [6, 6.07) is 0. The van der Waals surface area contributed by atoms with Crippen molar-refractivity contribution >= 4 is 69.5 Å². The molecule has 2 aliphatic rings. The van der Waals surface area contributed by atoms with E-state index in [-0.39, 0.29) is 11.7 Å². The molecule has 2 rings (SSSR count). The first-order chi connectivity index (χ1) is 10.3. The van der Waals surface area contributed by atoms with Gasteiger partial charge in [-0.2, -0.15) is 0 Å². The predicted octanol–water partition coefficient (Wildman–Crippen LogP) is 5.43. The quantitative estimate of drug-likeness (QED) is 0.234. The Hall–Kier alpha value is 1.25. The van der Waals surface area contributed by atoms with Crippen LogP contribution in [0.15, 0.2) is 8.96 Å². The summed E-state index contributed by atoms with van der Waals surface area (Å²) < 4.78 is 11.4. The van der Waals surface area contributed by atoms with Gasteiger partial charge >= 0.3 is 0 Å². The maximum absolute atomic E-state index is 13.1. The van der Waals surface area contributed by atoms with E-state index >= 15 is 0 Å². The lowest BCUT2D eigenvalue weighted by Gasteiger charge is -2.41. The number of hydrogen-bond donors (Lipinski definition) is 0. The topological polar surface area (TPSA) is 35.5 Å². The van der Waals surface area contributed by atoms with E-state index in [1.807, 2.05) is 0 Å². The standard InChI is InChI=1S/C15H20Br4O3/c1-4-5-6-7-8-9-12(20)14(19)11(17)10(16)13(9,18)15(14,21-2)22-3/h9H,4-8H2,1-3H3. The lowest BCUT2D eigenvalue weighted by molar-refractivity contribution is -0.212. The summed E-state index contributed by atoms with van der Waals surface area (Å²) in [7, 11) is 3.16. The Bertz CT molecular complexity index is 503. The van der Waals surface area contributed by atoms with E-state index in [4.69, 9.17) is 9.47 Å². The van der Waals surface area contributed by atoms with Crippen LogP contribution in [0.1, 0.15) is 39.0 Å². The molecule has 0 heterocycles. The maximum atomic E-state index is 13.1. The van der Waals surface area contributed by atoms with Crippen LogP contribution in [0.5, 0.6) is 0 Å². The molecule has 0 N–H and O–H groups in total. The van der Waals surface area contributed by atoms with Gasteiger partial charge in [0.25, 0.3) is 0 Å². The second-order valence-electron chi connectivity index (χ2n) is 5.79. The highest BCUT2D eigenvalue weighted by Crippen LogP contribution is 2.72. The van der Waals surface area contributed by atoms with Gasteiger partial charge in [-0.3, -0.25) is 4.79 Å². The Morgan fingerprint density at radius 2 is 1.64 bits per heavy atom. The SMILES string of the molecule is CCCCCCC1C(=O)C2(Br)C(Br)=C(Br)C1(Br)C2(OC)OC. The Morgan fingerprint density at radius 3 is 2.09 bits per heavy atom. The third-order valence-electron chi connectivity index (χ3n) is 4.80. The number of rotatable bonds is 7. The van der Waals surface area contributed by atoms with Gasteiger partial charge in [0.2, 0.25) is 5.79 Å². The fourth-order valence-corrected chi connectivity index (χ4v) is 8.46. The van der Waals surface area contributed by atoms with Crippen LogP contribution in [0.4, 0.5) is 0 Å².